The summed E-state index contributed by atoms with van der Waals surface area (Å²) in [5.74, 6) is -0.00869. The summed E-state index contributed by atoms with van der Waals surface area (Å²) in [5, 5.41) is 2.87. The van der Waals surface area contributed by atoms with Gasteiger partial charge in [-0.25, -0.2) is 0 Å². The molecule has 24 heavy (non-hydrogen) atoms. The number of aromatic nitrogens is 3. The third kappa shape index (κ3) is 2.84. The molecule has 0 atom stereocenters. The summed E-state index contributed by atoms with van der Waals surface area (Å²) in [6.45, 7) is 0.683. The second-order valence-corrected chi connectivity index (χ2v) is 5.66. The Labute approximate surface area is 139 Å². The van der Waals surface area contributed by atoms with Crippen molar-refractivity contribution in [1.82, 2.24) is 20.3 Å². The summed E-state index contributed by atoms with van der Waals surface area (Å²) in [6.07, 6.45) is 10.1. The fourth-order valence-corrected chi connectivity index (χ4v) is 2.81. The Morgan fingerprint density at radius 2 is 1.92 bits per heavy atom. The van der Waals surface area contributed by atoms with Crippen LogP contribution in [0.2, 0.25) is 0 Å². The number of carbonyl (C=O) groups is 1. The van der Waals surface area contributed by atoms with Crippen LogP contribution in [0.25, 0.3) is 23.4 Å². The molecule has 0 bridgehead atoms. The van der Waals surface area contributed by atoms with Crippen LogP contribution in [0.4, 0.5) is 0 Å². The van der Waals surface area contributed by atoms with E-state index in [0.717, 1.165) is 40.2 Å². The second-order valence-electron chi connectivity index (χ2n) is 5.66. The topological polar surface area (TPSA) is 70.7 Å². The van der Waals surface area contributed by atoms with E-state index in [1.54, 1.807) is 18.6 Å². The van der Waals surface area contributed by atoms with Crippen molar-refractivity contribution >= 4 is 18.1 Å². The number of amides is 1. The van der Waals surface area contributed by atoms with E-state index in [9.17, 15) is 4.79 Å². The third-order valence-corrected chi connectivity index (χ3v) is 4.05. The lowest BCUT2D eigenvalue weighted by Crippen LogP contribution is -2.31. The number of nitrogens with one attached hydrogen (secondary N) is 2. The third-order valence-electron chi connectivity index (χ3n) is 4.05. The van der Waals surface area contributed by atoms with Gasteiger partial charge in [0.2, 0.25) is 0 Å². The Kier molecular flexibility index (Phi) is 3.67. The summed E-state index contributed by atoms with van der Waals surface area (Å²) in [4.78, 5) is 23.6. The first kappa shape index (κ1) is 14.4. The van der Waals surface area contributed by atoms with Gasteiger partial charge in [0.25, 0.3) is 5.91 Å². The minimum Gasteiger partial charge on any atom is -0.358 e. The normalized spacial score (nSPS) is 13.8. The van der Waals surface area contributed by atoms with Gasteiger partial charge >= 0.3 is 0 Å². The molecule has 1 amide bonds. The number of carbonyl (C=O) groups excluding carboxylic acids is 1. The van der Waals surface area contributed by atoms with Crippen molar-refractivity contribution in [2.45, 2.75) is 6.42 Å². The zero-order valence-electron chi connectivity index (χ0n) is 13.0. The van der Waals surface area contributed by atoms with Gasteiger partial charge in [0, 0.05) is 48.5 Å². The lowest BCUT2D eigenvalue weighted by atomic mass is 10.1. The summed E-state index contributed by atoms with van der Waals surface area (Å²) in [5.41, 5.74) is 5.63. The van der Waals surface area contributed by atoms with E-state index in [0.29, 0.717) is 6.54 Å². The molecule has 0 fully saturated rings. The van der Waals surface area contributed by atoms with Crippen LogP contribution < -0.4 is 5.32 Å². The van der Waals surface area contributed by atoms with Gasteiger partial charge in [0.1, 0.15) is 0 Å². The molecule has 0 saturated carbocycles. The predicted octanol–water partition coefficient (Wildman–Crippen LogP) is 2.93. The number of H-pyrrole nitrogens is 1. The summed E-state index contributed by atoms with van der Waals surface area (Å²) in [7, 11) is 0. The molecule has 0 aliphatic carbocycles. The Hall–Kier alpha value is -3.21. The van der Waals surface area contributed by atoms with Gasteiger partial charge in [-0.3, -0.25) is 14.8 Å². The van der Waals surface area contributed by atoms with Gasteiger partial charge in [-0.15, -0.1) is 0 Å². The van der Waals surface area contributed by atoms with Crippen molar-refractivity contribution in [3.8, 4) is 11.3 Å². The average Bonchev–Trinajstić information content (AvgIpc) is 3.07. The number of aromatic amines is 1. The molecule has 1 aliphatic heterocycles. The smallest absolute Gasteiger partial charge is 0.253 e. The van der Waals surface area contributed by atoms with E-state index in [1.165, 1.54) is 0 Å². The monoisotopic (exact) mass is 316 g/mol. The molecule has 3 aromatic rings. The minimum atomic E-state index is -0.00869. The van der Waals surface area contributed by atoms with Crippen LogP contribution in [0.5, 0.6) is 0 Å². The second kappa shape index (κ2) is 6.12. The highest BCUT2D eigenvalue weighted by atomic mass is 16.1. The van der Waals surface area contributed by atoms with Gasteiger partial charge < -0.3 is 10.3 Å². The van der Waals surface area contributed by atoms with Crippen LogP contribution in [-0.2, 0) is 6.42 Å². The van der Waals surface area contributed by atoms with Crippen molar-refractivity contribution in [2.24, 2.45) is 0 Å². The molecule has 5 nitrogen and oxygen atoms in total. The lowest BCUT2D eigenvalue weighted by molar-refractivity contribution is 0.0946. The highest BCUT2D eigenvalue weighted by molar-refractivity contribution is 5.97. The number of pyridine rings is 2. The average molecular weight is 316 g/mol. The molecule has 0 saturated heterocycles. The number of rotatable bonds is 3. The van der Waals surface area contributed by atoms with Crippen LogP contribution in [0.15, 0.2) is 48.9 Å². The number of hydrogen-bond donors (Lipinski definition) is 2. The first-order valence-electron chi connectivity index (χ1n) is 7.84. The van der Waals surface area contributed by atoms with Crippen LogP contribution in [0, 0.1) is 0 Å². The van der Waals surface area contributed by atoms with E-state index in [1.807, 2.05) is 42.5 Å². The zero-order valence-corrected chi connectivity index (χ0v) is 13.0. The highest BCUT2D eigenvalue weighted by Gasteiger charge is 2.19. The van der Waals surface area contributed by atoms with Crippen LogP contribution in [0.3, 0.4) is 0 Å². The predicted molar refractivity (Wildman–Crippen MR) is 93.2 cm³/mol. The van der Waals surface area contributed by atoms with E-state index < -0.39 is 0 Å². The number of nitrogens with zero attached hydrogens (tertiary/aromatic N) is 2. The molecule has 2 N–H and O–H groups in total. The zero-order chi connectivity index (χ0) is 16.4. The van der Waals surface area contributed by atoms with Crippen molar-refractivity contribution in [3.63, 3.8) is 0 Å². The Balaban J connectivity index is 1.63. The van der Waals surface area contributed by atoms with Gasteiger partial charge in [0.15, 0.2) is 0 Å². The van der Waals surface area contributed by atoms with Crippen LogP contribution in [0.1, 0.15) is 27.3 Å². The van der Waals surface area contributed by atoms with Crippen molar-refractivity contribution in [2.75, 3.05) is 6.54 Å². The fourth-order valence-electron chi connectivity index (χ4n) is 2.81. The largest absolute Gasteiger partial charge is 0.358 e. The molecule has 118 valence electrons. The van der Waals surface area contributed by atoms with E-state index in [-0.39, 0.29) is 5.91 Å². The first-order valence-corrected chi connectivity index (χ1v) is 7.84. The summed E-state index contributed by atoms with van der Waals surface area (Å²) in [6, 6.07) is 9.75. The van der Waals surface area contributed by atoms with Gasteiger partial charge in [-0.1, -0.05) is 6.08 Å². The van der Waals surface area contributed by atoms with Gasteiger partial charge in [0.05, 0.1) is 11.3 Å². The molecule has 0 spiro atoms. The van der Waals surface area contributed by atoms with Gasteiger partial charge in [-0.2, -0.15) is 0 Å². The molecular weight excluding hydrogens is 300 g/mol. The van der Waals surface area contributed by atoms with E-state index in [2.05, 4.69) is 20.3 Å². The van der Waals surface area contributed by atoms with Crippen LogP contribution >= 0.6 is 0 Å². The van der Waals surface area contributed by atoms with Crippen molar-refractivity contribution in [1.29, 1.82) is 0 Å². The van der Waals surface area contributed by atoms with Gasteiger partial charge in [-0.05, 0) is 42.0 Å². The quantitative estimate of drug-likeness (QED) is 0.780. The number of hydrogen-bond acceptors (Lipinski definition) is 3. The Morgan fingerprint density at radius 1 is 1.04 bits per heavy atom. The molecule has 4 heterocycles. The standard InChI is InChI=1S/C19H16N4O/c24-19-16-12-18(23-17(16)6-10-22-19)14-5-9-21-15(11-14)2-1-13-3-7-20-8-4-13/h1-5,7-9,11-12,23H,6,10H2,(H,22,24)/b2-1+. The minimum absolute atomic E-state index is 0.00869. The first-order chi connectivity index (χ1) is 11.8. The maximum absolute atomic E-state index is 11.9. The maximum atomic E-state index is 11.9. The van der Waals surface area contributed by atoms with Crippen LogP contribution in [-0.4, -0.2) is 27.4 Å². The molecule has 0 unspecified atom stereocenters. The Bertz CT molecular complexity index is 912. The molecule has 5 heteroatoms. The molecule has 0 aromatic carbocycles. The molecule has 1 aliphatic rings. The summed E-state index contributed by atoms with van der Waals surface area (Å²) < 4.78 is 0. The summed E-state index contributed by atoms with van der Waals surface area (Å²) >= 11 is 0. The fraction of sp³-hybridized carbons (Fsp3) is 0.105. The molecule has 0 radical (unpaired) electrons. The van der Waals surface area contributed by atoms with E-state index >= 15 is 0 Å². The molecular formula is C19H16N4O. The lowest BCUT2D eigenvalue weighted by Gasteiger charge is -2.10. The van der Waals surface area contributed by atoms with E-state index in [4.69, 9.17) is 0 Å². The molecule has 4 rings (SSSR count). The Morgan fingerprint density at radius 3 is 2.75 bits per heavy atom. The van der Waals surface area contributed by atoms with Crippen molar-refractivity contribution < 1.29 is 4.79 Å². The molecule has 3 aromatic heterocycles. The highest BCUT2D eigenvalue weighted by Crippen LogP contribution is 2.24. The maximum Gasteiger partial charge on any atom is 0.253 e. The SMILES string of the molecule is O=C1NCCc2[nH]c(-c3ccnc(/C=C/c4ccncc4)c3)cc21. The number of fused-ring (bicyclic) bond motifs is 1. The van der Waals surface area contributed by atoms with Crippen molar-refractivity contribution in [3.05, 3.63) is 71.4 Å².